The Labute approximate surface area is 187 Å². The standard InChI is InChI=1S/C22H19ClN2O5S/c1-12-9-18(21(28)30-12)31-22-24-17-10-13(20(27)29-2)7-8-15(17)19(26)25(22)11-14-5-3-4-6-16(14)23/h3-8,10,12,18H,9,11H2,1-2H3. The number of rotatable bonds is 5. The number of ether oxygens (including phenoxy) is 2. The van der Waals surface area contributed by atoms with E-state index < -0.39 is 11.2 Å². The van der Waals surface area contributed by atoms with E-state index in [1.54, 1.807) is 12.1 Å². The molecular formula is C22H19ClN2O5S. The molecule has 1 aromatic heterocycles. The molecule has 9 heteroatoms. The highest BCUT2D eigenvalue weighted by molar-refractivity contribution is 8.00. The molecule has 2 unspecified atom stereocenters. The maximum absolute atomic E-state index is 13.4. The molecule has 7 nitrogen and oxygen atoms in total. The Morgan fingerprint density at radius 1 is 1.29 bits per heavy atom. The topological polar surface area (TPSA) is 87.5 Å². The van der Waals surface area contributed by atoms with Gasteiger partial charge in [0.25, 0.3) is 5.56 Å². The van der Waals surface area contributed by atoms with E-state index in [0.29, 0.717) is 27.5 Å². The van der Waals surface area contributed by atoms with Gasteiger partial charge in [0, 0.05) is 11.4 Å². The maximum atomic E-state index is 13.4. The summed E-state index contributed by atoms with van der Waals surface area (Å²) in [7, 11) is 1.29. The van der Waals surface area contributed by atoms with Gasteiger partial charge >= 0.3 is 11.9 Å². The summed E-state index contributed by atoms with van der Waals surface area (Å²) in [5.41, 5.74) is 1.10. The summed E-state index contributed by atoms with van der Waals surface area (Å²) in [5.74, 6) is -0.856. The second-order valence-corrected chi connectivity index (χ2v) is 8.77. The zero-order valence-electron chi connectivity index (χ0n) is 16.8. The van der Waals surface area contributed by atoms with Crippen LogP contribution >= 0.6 is 23.4 Å². The average molecular weight is 459 g/mol. The third-order valence-electron chi connectivity index (χ3n) is 5.00. The molecule has 0 radical (unpaired) electrons. The molecule has 2 aromatic carbocycles. The number of hydrogen-bond acceptors (Lipinski definition) is 7. The highest BCUT2D eigenvalue weighted by Gasteiger charge is 2.34. The summed E-state index contributed by atoms with van der Waals surface area (Å²) >= 11 is 7.50. The molecule has 0 aliphatic carbocycles. The molecule has 1 saturated heterocycles. The fourth-order valence-electron chi connectivity index (χ4n) is 3.42. The van der Waals surface area contributed by atoms with Gasteiger partial charge in [0.15, 0.2) is 5.16 Å². The van der Waals surface area contributed by atoms with Gasteiger partial charge in [-0.15, -0.1) is 0 Å². The van der Waals surface area contributed by atoms with Gasteiger partial charge in [0.2, 0.25) is 0 Å². The highest BCUT2D eigenvalue weighted by Crippen LogP contribution is 2.32. The number of methoxy groups -OCH3 is 1. The molecule has 1 aliphatic rings. The molecule has 0 bridgehead atoms. The van der Waals surface area contributed by atoms with Crippen molar-refractivity contribution >= 4 is 46.2 Å². The van der Waals surface area contributed by atoms with Crippen LogP contribution < -0.4 is 5.56 Å². The number of nitrogens with zero attached hydrogens (tertiary/aromatic N) is 2. The molecule has 2 atom stereocenters. The van der Waals surface area contributed by atoms with Gasteiger partial charge in [-0.25, -0.2) is 9.78 Å². The number of thioether (sulfide) groups is 1. The van der Waals surface area contributed by atoms with E-state index in [2.05, 4.69) is 4.98 Å². The molecule has 0 saturated carbocycles. The lowest BCUT2D eigenvalue weighted by atomic mass is 10.1. The predicted molar refractivity (Wildman–Crippen MR) is 118 cm³/mol. The van der Waals surface area contributed by atoms with Crippen molar-refractivity contribution in [3.8, 4) is 0 Å². The first-order chi connectivity index (χ1) is 14.9. The van der Waals surface area contributed by atoms with Crippen LogP contribution in [0.3, 0.4) is 0 Å². The third-order valence-corrected chi connectivity index (χ3v) is 6.56. The molecule has 4 rings (SSSR count). The van der Waals surface area contributed by atoms with E-state index in [0.717, 1.165) is 5.56 Å². The van der Waals surface area contributed by atoms with Gasteiger partial charge in [-0.1, -0.05) is 41.6 Å². The minimum atomic E-state index is -0.522. The first kappa shape index (κ1) is 21.4. The summed E-state index contributed by atoms with van der Waals surface area (Å²) in [5, 5.41) is 0.767. The van der Waals surface area contributed by atoms with Crippen LogP contribution in [0.5, 0.6) is 0 Å². The van der Waals surface area contributed by atoms with Crippen LogP contribution in [0.1, 0.15) is 29.3 Å². The van der Waals surface area contributed by atoms with E-state index in [4.69, 9.17) is 21.1 Å². The van der Waals surface area contributed by atoms with Gasteiger partial charge < -0.3 is 9.47 Å². The molecule has 160 valence electrons. The van der Waals surface area contributed by atoms with Crippen molar-refractivity contribution in [1.29, 1.82) is 0 Å². The smallest absolute Gasteiger partial charge is 0.337 e. The lowest BCUT2D eigenvalue weighted by Gasteiger charge is -2.15. The number of fused-ring (bicyclic) bond motifs is 1. The van der Waals surface area contributed by atoms with E-state index in [9.17, 15) is 14.4 Å². The normalized spacial score (nSPS) is 18.2. The Kier molecular flexibility index (Phi) is 6.02. The summed E-state index contributed by atoms with van der Waals surface area (Å²) in [4.78, 5) is 42.1. The quantitative estimate of drug-likeness (QED) is 0.425. The van der Waals surface area contributed by atoms with Gasteiger partial charge in [-0.2, -0.15) is 0 Å². The number of esters is 2. The van der Waals surface area contributed by atoms with Crippen LogP contribution in [0.4, 0.5) is 0 Å². The van der Waals surface area contributed by atoms with Crippen LogP contribution in [0.15, 0.2) is 52.4 Å². The van der Waals surface area contributed by atoms with Crippen molar-refractivity contribution in [2.45, 2.75) is 36.4 Å². The van der Waals surface area contributed by atoms with Crippen LogP contribution in [-0.2, 0) is 20.8 Å². The zero-order chi connectivity index (χ0) is 22.1. The van der Waals surface area contributed by atoms with Gasteiger partial charge in [0.1, 0.15) is 11.4 Å². The molecule has 0 amide bonds. The SMILES string of the molecule is COC(=O)c1ccc2c(=O)n(Cc3ccccc3Cl)c(SC3CC(C)OC3=O)nc2c1. The second-order valence-electron chi connectivity index (χ2n) is 7.19. The molecule has 0 N–H and O–H groups in total. The second kappa shape index (κ2) is 8.72. The van der Waals surface area contributed by atoms with E-state index in [1.165, 1.54) is 35.6 Å². The molecule has 2 heterocycles. The number of benzene rings is 2. The first-order valence-corrected chi connectivity index (χ1v) is 10.9. The van der Waals surface area contributed by atoms with Crippen molar-refractivity contribution in [1.82, 2.24) is 9.55 Å². The molecule has 1 fully saturated rings. The Morgan fingerprint density at radius 2 is 2.06 bits per heavy atom. The van der Waals surface area contributed by atoms with Crippen molar-refractivity contribution in [2.24, 2.45) is 0 Å². The third kappa shape index (κ3) is 4.31. The monoisotopic (exact) mass is 458 g/mol. The minimum Gasteiger partial charge on any atom is -0.465 e. The number of carbonyl (C=O) groups excluding carboxylic acids is 2. The fraction of sp³-hybridized carbons (Fsp3) is 0.273. The lowest BCUT2D eigenvalue weighted by Crippen LogP contribution is -2.25. The van der Waals surface area contributed by atoms with E-state index in [1.807, 2.05) is 25.1 Å². The lowest BCUT2D eigenvalue weighted by molar-refractivity contribution is -0.140. The van der Waals surface area contributed by atoms with Crippen LogP contribution in [0.2, 0.25) is 5.02 Å². The Hall–Kier alpha value is -2.84. The fourth-order valence-corrected chi connectivity index (χ4v) is 4.81. The van der Waals surface area contributed by atoms with Crippen LogP contribution in [0.25, 0.3) is 10.9 Å². The molecule has 1 aliphatic heterocycles. The Balaban J connectivity index is 1.85. The number of cyclic esters (lactones) is 1. The first-order valence-electron chi connectivity index (χ1n) is 9.61. The molecule has 3 aromatic rings. The maximum Gasteiger partial charge on any atom is 0.337 e. The Morgan fingerprint density at radius 3 is 2.74 bits per heavy atom. The molecule has 0 spiro atoms. The number of carbonyl (C=O) groups is 2. The van der Waals surface area contributed by atoms with Gasteiger partial charge in [0.05, 0.1) is 30.1 Å². The van der Waals surface area contributed by atoms with Crippen molar-refractivity contribution < 1.29 is 19.1 Å². The number of hydrogen-bond donors (Lipinski definition) is 0. The van der Waals surface area contributed by atoms with Crippen LogP contribution in [0, 0.1) is 0 Å². The average Bonchev–Trinajstić information content (AvgIpc) is 3.07. The van der Waals surface area contributed by atoms with Crippen molar-refractivity contribution in [3.63, 3.8) is 0 Å². The van der Waals surface area contributed by atoms with E-state index >= 15 is 0 Å². The number of halogens is 1. The van der Waals surface area contributed by atoms with Crippen molar-refractivity contribution in [3.05, 3.63) is 69.0 Å². The summed E-state index contributed by atoms with van der Waals surface area (Å²) in [6, 6.07) is 11.8. The highest BCUT2D eigenvalue weighted by atomic mass is 35.5. The predicted octanol–water partition coefficient (Wildman–Crippen LogP) is 3.68. The molecular weight excluding hydrogens is 440 g/mol. The molecule has 31 heavy (non-hydrogen) atoms. The zero-order valence-corrected chi connectivity index (χ0v) is 18.4. The van der Waals surface area contributed by atoms with Gasteiger partial charge in [-0.3, -0.25) is 14.2 Å². The summed E-state index contributed by atoms with van der Waals surface area (Å²) in [6.45, 7) is 2.02. The van der Waals surface area contributed by atoms with Gasteiger partial charge in [-0.05, 0) is 36.8 Å². The van der Waals surface area contributed by atoms with Crippen LogP contribution in [-0.4, -0.2) is 40.0 Å². The summed E-state index contributed by atoms with van der Waals surface area (Å²) < 4.78 is 11.5. The minimum absolute atomic E-state index is 0.194. The van der Waals surface area contributed by atoms with Crippen molar-refractivity contribution in [2.75, 3.05) is 7.11 Å². The Bertz CT molecular complexity index is 1240. The largest absolute Gasteiger partial charge is 0.465 e. The summed E-state index contributed by atoms with van der Waals surface area (Å²) in [6.07, 6.45) is 0.325. The van der Waals surface area contributed by atoms with E-state index in [-0.39, 0.29) is 29.7 Å². The number of aromatic nitrogens is 2.